The van der Waals surface area contributed by atoms with Crippen LogP contribution in [0.15, 0.2) is 12.0 Å². The Kier molecular flexibility index (Phi) is 1.32. The minimum Gasteiger partial charge on any atom is -0.382 e. The zero-order valence-corrected chi connectivity index (χ0v) is 4.89. The van der Waals surface area contributed by atoms with Crippen molar-refractivity contribution in [2.75, 3.05) is 0 Å². The molecule has 10 heavy (non-hydrogen) atoms. The van der Waals surface area contributed by atoms with Crippen LogP contribution >= 0.6 is 0 Å². The molecule has 0 aliphatic carbocycles. The van der Waals surface area contributed by atoms with Crippen LogP contribution in [0.1, 0.15) is 0 Å². The molecule has 5 N–H and O–H groups in total. The second-order valence-electron chi connectivity index (χ2n) is 1.61. The first-order valence-corrected chi connectivity index (χ1v) is 2.33. The van der Waals surface area contributed by atoms with E-state index >= 15 is 0 Å². The molecule has 0 aromatic carbocycles. The molecule has 0 unspecified atom stereocenters. The number of rotatable bonds is 1. The van der Waals surface area contributed by atoms with Gasteiger partial charge in [0.05, 0.1) is 0 Å². The number of nitrogens with one attached hydrogen (secondary N) is 1. The van der Waals surface area contributed by atoms with Crippen LogP contribution < -0.4 is 17.1 Å². The standard InChI is InChI=1S/C2H6N6O2/c3-2-1-6(8(9)10)5-7(2)4/h1,5H,3-4H2. The maximum absolute atomic E-state index is 9.98. The zero-order valence-electron chi connectivity index (χ0n) is 4.89. The van der Waals surface area contributed by atoms with Gasteiger partial charge in [0.15, 0.2) is 10.9 Å². The number of nitrogens with two attached hydrogens (primary N) is 2. The molecule has 56 valence electrons. The van der Waals surface area contributed by atoms with Gasteiger partial charge in [-0.15, -0.1) is 0 Å². The highest BCUT2D eigenvalue weighted by Gasteiger charge is 2.22. The molecule has 0 radical (unpaired) electrons. The van der Waals surface area contributed by atoms with E-state index < -0.39 is 5.03 Å². The normalized spacial score (nSPS) is 17.5. The highest BCUT2D eigenvalue weighted by atomic mass is 16.7. The minimum atomic E-state index is -0.695. The summed E-state index contributed by atoms with van der Waals surface area (Å²) in [5.41, 5.74) is 7.29. The van der Waals surface area contributed by atoms with Crippen LogP contribution in [-0.4, -0.2) is 15.3 Å². The van der Waals surface area contributed by atoms with E-state index in [4.69, 9.17) is 11.6 Å². The summed E-state index contributed by atoms with van der Waals surface area (Å²) in [6.45, 7) is 0. The summed E-state index contributed by atoms with van der Waals surface area (Å²) in [5, 5.41) is 10.7. The molecule has 0 bridgehead atoms. The Balaban J connectivity index is 2.65. The molecule has 0 atom stereocenters. The number of nitro groups is 1. The average molecular weight is 146 g/mol. The number of hydrogen-bond acceptors (Lipinski definition) is 6. The summed E-state index contributed by atoms with van der Waals surface area (Å²) < 4.78 is 0. The third-order valence-corrected chi connectivity index (χ3v) is 0.919. The molecule has 0 fully saturated rings. The Morgan fingerprint density at radius 1 is 1.80 bits per heavy atom. The topological polar surface area (TPSA) is 114 Å². The first kappa shape index (κ1) is 6.58. The van der Waals surface area contributed by atoms with Gasteiger partial charge < -0.3 is 5.73 Å². The van der Waals surface area contributed by atoms with Gasteiger partial charge in [-0.1, -0.05) is 5.53 Å². The van der Waals surface area contributed by atoms with Crippen LogP contribution in [-0.2, 0) is 0 Å². The maximum Gasteiger partial charge on any atom is 0.182 e. The molecule has 8 heteroatoms. The van der Waals surface area contributed by atoms with E-state index in [9.17, 15) is 10.1 Å². The van der Waals surface area contributed by atoms with E-state index in [1.165, 1.54) is 0 Å². The maximum atomic E-state index is 9.98. The van der Waals surface area contributed by atoms with E-state index in [-0.39, 0.29) is 5.82 Å². The molecule has 1 heterocycles. The summed E-state index contributed by atoms with van der Waals surface area (Å²) in [6.07, 6.45) is 1.06. The molecule has 0 amide bonds. The molecular formula is C2H6N6O2. The van der Waals surface area contributed by atoms with Gasteiger partial charge in [0.2, 0.25) is 0 Å². The Bertz CT molecular complexity index is 188. The Hall–Kier alpha value is -1.54. The van der Waals surface area contributed by atoms with Crippen LogP contribution in [0.25, 0.3) is 0 Å². The average Bonchev–Trinajstić information content (AvgIpc) is 2.13. The second kappa shape index (κ2) is 2.01. The Labute approximate surface area is 55.7 Å². The van der Waals surface area contributed by atoms with E-state index in [1.807, 2.05) is 0 Å². The fourth-order valence-electron chi connectivity index (χ4n) is 0.468. The largest absolute Gasteiger partial charge is 0.382 e. The van der Waals surface area contributed by atoms with Gasteiger partial charge in [0, 0.05) is 0 Å². The van der Waals surface area contributed by atoms with Crippen molar-refractivity contribution in [1.82, 2.24) is 15.8 Å². The molecule has 1 aliphatic heterocycles. The first-order valence-electron chi connectivity index (χ1n) is 2.33. The second-order valence-corrected chi connectivity index (χ2v) is 1.61. The van der Waals surface area contributed by atoms with Crippen LogP contribution in [0.3, 0.4) is 0 Å². The minimum absolute atomic E-state index is 0.0803. The third kappa shape index (κ3) is 0.921. The van der Waals surface area contributed by atoms with Gasteiger partial charge in [0.25, 0.3) is 0 Å². The van der Waals surface area contributed by atoms with Crippen molar-refractivity contribution in [3.05, 3.63) is 22.1 Å². The van der Waals surface area contributed by atoms with Crippen molar-refractivity contribution in [1.29, 1.82) is 0 Å². The summed E-state index contributed by atoms with van der Waals surface area (Å²) >= 11 is 0. The van der Waals surface area contributed by atoms with Crippen LogP contribution in [0, 0.1) is 10.1 Å². The summed E-state index contributed by atoms with van der Waals surface area (Å²) in [6, 6.07) is 0. The van der Waals surface area contributed by atoms with Crippen molar-refractivity contribution in [3.8, 4) is 0 Å². The van der Waals surface area contributed by atoms with Crippen molar-refractivity contribution in [2.24, 2.45) is 11.6 Å². The van der Waals surface area contributed by atoms with Gasteiger partial charge in [-0.3, -0.25) is 0 Å². The highest BCUT2D eigenvalue weighted by Crippen LogP contribution is 1.99. The number of hydrogen-bond donors (Lipinski definition) is 3. The molecule has 8 nitrogen and oxygen atoms in total. The molecule has 1 aliphatic rings. The lowest BCUT2D eigenvalue weighted by Gasteiger charge is -2.10. The number of nitrogens with zero attached hydrogens (tertiary/aromatic N) is 3. The molecule has 0 saturated heterocycles. The van der Waals surface area contributed by atoms with Gasteiger partial charge >= 0.3 is 0 Å². The SMILES string of the molecule is NC1=CN([N+](=O)[O-])NN1N. The Morgan fingerprint density at radius 3 is 2.60 bits per heavy atom. The predicted octanol–water partition coefficient (Wildman–Crippen LogP) is -2.15. The van der Waals surface area contributed by atoms with E-state index in [2.05, 4.69) is 5.53 Å². The summed E-state index contributed by atoms with van der Waals surface area (Å²) in [7, 11) is 0. The fourth-order valence-corrected chi connectivity index (χ4v) is 0.468. The van der Waals surface area contributed by atoms with Gasteiger partial charge in [0.1, 0.15) is 6.20 Å². The first-order chi connectivity index (χ1) is 4.61. The third-order valence-electron chi connectivity index (χ3n) is 0.919. The molecule has 0 saturated carbocycles. The van der Waals surface area contributed by atoms with Crippen LogP contribution in [0.4, 0.5) is 0 Å². The molecule has 0 aromatic rings. The smallest absolute Gasteiger partial charge is 0.182 e. The molecule has 0 spiro atoms. The molecule has 0 aromatic heterocycles. The lowest BCUT2D eigenvalue weighted by Crippen LogP contribution is -2.47. The van der Waals surface area contributed by atoms with Crippen LogP contribution in [0.5, 0.6) is 0 Å². The fraction of sp³-hybridized carbons (Fsp3) is 0. The van der Waals surface area contributed by atoms with Crippen molar-refractivity contribution >= 4 is 0 Å². The summed E-state index contributed by atoms with van der Waals surface area (Å²) in [5.74, 6) is 5.17. The van der Waals surface area contributed by atoms with Gasteiger partial charge in [-0.05, 0) is 5.12 Å². The molecule has 1 rings (SSSR count). The number of hydrazine groups is 4. The highest BCUT2D eigenvalue weighted by molar-refractivity contribution is 4.93. The quantitative estimate of drug-likeness (QED) is 0.219. The van der Waals surface area contributed by atoms with Gasteiger partial charge in [-0.2, -0.15) is 0 Å². The molecular weight excluding hydrogens is 140 g/mol. The van der Waals surface area contributed by atoms with Crippen LogP contribution in [0.2, 0.25) is 0 Å². The van der Waals surface area contributed by atoms with Crippen molar-refractivity contribution in [3.63, 3.8) is 0 Å². The Morgan fingerprint density at radius 2 is 2.40 bits per heavy atom. The summed E-state index contributed by atoms with van der Waals surface area (Å²) in [4.78, 5) is 9.98. The predicted molar refractivity (Wildman–Crippen MR) is 30.3 cm³/mol. The van der Waals surface area contributed by atoms with E-state index in [1.54, 1.807) is 0 Å². The monoisotopic (exact) mass is 146 g/mol. The van der Waals surface area contributed by atoms with Crippen molar-refractivity contribution in [2.45, 2.75) is 0 Å². The van der Waals surface area contributed by atoms with Crippen molar-refractivity contribution < 1.29 is 5.03 Å². The lowest BCUT2D eigenvalue weighted by atomic mass is 10.8. The van der Waals surface area contributed by atoms with E-state index in [0.717, 1.165) is 11.3 Å². The zero-order chi connectivity index (χ0) is 7.72. The lowest BCUT2D eigenvalue weighted by molar-refractivity contribution is -0.657. The van der Waals surface area contributed by atoms with Gasteiger partial charge in [-0.25, -0.2) is 21.1 Å². The van der Waals surface area contributed by atoms with E-state index in [0.29, 0.717) is 5.12 Å².